The van der Waals surface area contributed by atoms with Crippen molar-refractivity contribution in [1.29, 1.82) is 0 Å². The van der Waals surface area contributed by atoms with Crippen LogP contribution < -0.4 is 0 Å². The van der Waals surface area contributed by atoms with Gasteiger partial charge in [0.2, 0.25) is 0 Å². The Morgan fingerprint density at radius 2 is 2.00 bits per heavy atom. The number of aromatic nitrogens is 2. The van der Waals surface area contributed by atoms with Crippen molar-refractivity contribution in [2.75, 3.05) is 6.61 Å². The van der Waals surface area contributed by atoms with Crippen molar-refractivity contribution >= 4 is 11.8 Å². The molecular weight excluding hydrogens is 268 g/mol. The fourth-order valence-electron chi connectivity index (χ4n) is 1.98. The van der Waals surface area contributed by atoms with Gasteiger partial charge in [0.05, 0.1) is 6.61 Å². The highest BCUT2D eigenvalue weighted by atomic mass is 16.5. The van der Waals surface area contributed by atoms with Crippen LogP contribution in [0.1, 0.15) is 35.8 Å². The summed E-state index contributed by atoms with van der Waals surface area (Å²) in [5.74, 6) is -0.260. The van der Waals surface area contributed by atoms with Gasteiger partial charge in [0.15, 0.2) is 0 Å². The van der Waals surface area contributed by atoms with Crippen LogP contribution in [-0.4, -0.2) is 27.9 Å². The van der Waals surface area contributed by atoms with E-state index in [2.05, 4.69) is 4.98 Å². The summed E-state index contributed by atoms with van der Waals surface area (Å²) in [5.41, 5.74) is 1.57. The summed E-state index contributed by atoms with van der Waals surface area (Å²) in [4.78, 5) is 26.8. The van der Waals surface area contributed by atoms with Crippen LogP contribution >= 0.6 is 0 Å². The summed E-state index contributed by atoms with van der Waals surface area (Å²) in [5, 5.41) is 0. The first kappa shape index (κ1) is 15.0. The number of esters is 1. The molecule has 0 aliphatic heterocycles. The average Bonchev–Trinajstić information content (AvgIpc) is 2.92. The highest BCUT2D eigenvalue weighted by Crippen LogP contribution is 2.09. The molecule has 0 aliphatic carbocycles. The molecule has 0 saturated heterocycles. The van der Waals surface area contributed by atoms with E-state index in [-0.39, 0.29) is 18.4 Å². The molecule has 21 heavy (non-hydrogen) atoms. The second-order valence-electron chi connectivity index (χ2n) is 4.82. The topological polar surface area (TPSA) is 61.2 Å². The summed E-state index contributed by atoms with van der Waals surface area (Å²) in [7, 11) is 0. The van der Waals surface area contributed by atoms with Crippen LogP contribution in [0, 0.1) is 0 Å². The van der Waals surface area contributed by atoms with Gasteiger partial charge >= 0.3 is 5.97 Å². The van der Waals surface area contributed by atoms with Gasteiger partial charge in [-0.15, -0.1) is 0 Å². The van der Waals surface area contributed by atoms with E-state index >= 15 is 0 Å². The standard InChI is InChI=1S/C16H18N2O3/c1-13(19)4-3-11-21-16(20)15-5-2-10-18(15)12-14-6-8-17-9-7-14/h2,5-10H,3-4,11-12H2,1H3. The zero-order valence-corrected chi connectivity index (χ0v) is 12.0. The molecule has 110 valence electrons. The van der Waals surface area contributed by atoms with E-state index in [1.807, 2.05) is 29.0 Å². The molecule has 2 heterocycles. The number of carbonyl (C=O) groups excluding carboxylic acids is 2. The Kier molecular flexibility index (Phi) is 5.26. The molecule has 0 saturated carbocycles. The molecule has 0 aliphatic rings. The van der Waals surface area contributed by atoms with E-state index in [1.54, 1.807) is 18.5 Å². The predicted octanol–water partition coefficient (Wildman–Crippen LogP) is 2.46. The number of hydrogen-bond donors (Lipinski definition) is 0. The molecule has 0 unspecified atom stereocenters. The molecule has 2 aromatic heterocycles. The van der Waals surface area contributed by atoms with Gasteiger partial charge in [-0.1, -0.05) is 0 Å². The van der Waals surface area contributed by atoms with Crippen LogP contribution in [0.3, 0.4) is 0 Å². The number of nitrogens with zero attached hydrogens (tertiary/aromatic N) is 2. The predicted molar refractivity (Wildman–Crippen MR) is 78.0 cm³/mol. The molecular formula is C16H18N2O3. The molecule has 2 rings (SSSR count). The number of ketones is 1. The molecule has 0 spiro atoms. The minimum Gasteiger partial charge on any atom is -0.461 e. The van der Waals surface area contributed by atoms with Crippen molar-refractivity contribution in [3.05, 3.63) is 54.1 Å². The summed E-state index contributed by atoms with van der Waals surface area (Å²) in [6.07, 6.45) is 6.28. The van der Waals surface area contributed by atoms with Crippen LogP contribution in [0.25, 0.3) is 0 Å². The summed E-state index contributed by atoms with van der Waals surface area (Å²) >= 11 is 0. The molecule has 0 atom stereocenters. The van der Waals surface area contributed by atoms with Crippen LogP contribution in [0.15, 0.2) is 42.9 Å². The fraction of sp³-hybridized carbons (Fsp3) is 0.312. The second kappa shape index (κ2) is 7.38. The Balaban J connectivity index is 1.93. The van der Waals surface area contributed by atoms with Gasteiger partial charge in [0.1, 0.15) is 11.5 Å². The van der Waals surface area contributed by atoms with E-state index in [0.717, 1.165) is 5.56 Å². The van der Waals surface area contributed by atoms with Crippen LogP contribution in [0.5, 0.6) is 0 Å². The van der Waals surface area contributed by atoms with Crippen molar-refractivity contribution < 1.29 is 14.3 Å². The summed E-state index contributed by atoms with van der Waals surface area (Å²) < 4.78 is 7.03. The highest BCUT2D eigenvalue weighted by molar-refractivity contribution is 5.87. The SMILES string of the molecule is CC(=O)CCCOC(=O)c1cccn1Cc1ccncc1. The van der Waals surface area contributed by atoms with Crippen molar-refractivity contribution in [2.24, 2.45) is 0 Å². The number of carbonyl (C=O) groups is 2. The largest absolute Gasteiger partial charge is 0.461 e. The van der Waals surface area contributed by atoms with Gasteiger partial charge in [0.25, 0.3) is 0 Å². The lowest BCUT2D eigenvalue weighted by Gasteiger charge is -2.09. The lowest BCUT2D eigenvalue weighted by Crippen LogP contribution is -2.13. The first-order valence-electron chi connectivity index (χ1n) is 6.87. The Hall–Kier alpha value is -2.43. The maximum absolute atomic E-state index is 12.0. The molecule has 0 bridgehead atoms. The maximum atomic E-state index is 12.0. The first-order valence-corrected chi connectivity index (χ1v) is 6.87. The number of pyridine rings is 1. The Morgan fingerprint density at radius 3 is 2.71 bits per heavy atom. The lowest BCUT2D eigenvalue weighted by atomic mass is 10.2. The molecule has 5 nitrogen and oxygen atoms in total. The van der Waals surface area contributed by atoms with Gasteiger partial charge in [-0.25, -0.2) is 4.79 Å². The third-order valence-electron chi connectivity index (χ3n) is 3.05. The van der Waals surface area contributed by atoms with Gasteiger partial charge in [0, 0.05) is 31.6 Å². The third kappa shape index (κ3) is 4.56. The van der Waals surface area contributed by atoms with Gasteiger partial charge in [-0.2, -0.15) is 0 Å². The Labute approximate surface area is 123 Å². The van der Waals surface area contributed by atoms with Crippen molar-refractivity contribution in [3.63, 3.8) is 0 Å². The van der Waals surface area contributed by atoms with Crippen molar-refractivity contribution in [3.8, 4) is 0 Å². The lowest BCUT2D eigenvalue weighted by molar-refractivity contribution is -0.117. The molecule has 0 fully saturated rings. The van der Waals surface area contributed by atoms with Gasteiger partial charge in [-0.05, 0) is 43.2 Å². The van der Waals surface area contributed by atoms with Crippen molar-refractivity contribution in [2.45, 2.75) is 26.3 Å². The minimum absolute atomic E-state index is 0.104. The van der Waals surface area contributed by atoms with Crippen molar-refractivity contribution in [1.82, 2.24) is 9.55 Å². The van der Waals surface area contributed by atoms with Gasteiger partial charge < -0.3 is 14.1 Å². The number of ether oxygens (including phenoxy) is 1. The zero-order chi connectivity index (χ0) is 15.1. The molecule has 0 aromatic carbocycles. The zero-order valence-electron chi connectivity index (χ0n) is 12.0. The Bertz CT molecular complexity index is 605. The monoisotopic (exact) mass is 286 g/mol. The molecule has 0 radical (unpaired) electrons. The highest BCUT2D eigenvalue weighted by Gasteiger charge is 2.12. The number of Topliss-reactive ketones (excluding diaryl/α,β-unsaturated/α-hetero) is 1. The van der Waals surface area contributed by atoms with Crippen LogP contribution in [-0.2, 0) is 16.1 Å². The third-order valence-corrected chi connectivity index (χ3v) is 3.05. The second-order valence-corrected chi connectivity index (χ2v) is 4.82. The quantitative estimate of drug-likeness (QED) is 0.579. The average molecular weight is 286 g/mol. The van der Waals surface area contributed by atoms with Crippen LogP contribution in [0.4, 0.5) is 0 Å². The molecule has 5 heteroatoms. The van der Waals surface area contributed by atoms with Crippen LogP contribution in [0.2, 0.25) is 0 Å². The Morgan fingerprint density at radius 1 is 1.24 bits per heavy atom. The normalized spacial score (nSPS) is 10.3. The first-order chi connectivity index (χ1) is 10.2. The number of rotatable bonds is 7. The van der Waals surface area contributed by atoms with E-state index in [1.165, 1.54) is 6.92 Å². The number of hydrogen-bond acceptors (Lipinski definition) is 4. The summed E-state index contributed by atoms with van der Waals surface area (Å²) in [6.45, 7) is 2.38. The summed E-state index contributed by atoms with van der Waals surface area (Å²) in [6, 6.07) is 7.35. The molecule has 0 N–H and O–H groups in total. The maximum Gasteiger partial charge on any atom is 0.354 e. The molecule has 0 amide bonds. The van der Waals surface area contributed by atoms with E-state index in [9.17, 15) is 9.59 Å². The minimum atomic E-state index is -0.363. The van der Waals surface area contributed by atoms with E-state index in [0.29, 0.717) is 25.1 Å². The molecule has 2 aromatic rings. The fourth-order valence-corrected chi connectivity index (χ4v) is 1.98. The van der Waals surface area contributed by atoms with E-state index < -0.39 is 0 Å². The van der Waals surface area contributed by atoms with Gasteiger partial charge in [-0.3, -0.25) is 4.98 Å². The smallest absolute Gasteiger partial charge is 0.354 e. The van der Waals surface area contributed by atoms with E-state index in [4.69, 9.17) is 4.74 Å².